The molecule has 160 valence electrons. The lowest BCUT2D eigenvalue weighted by Crippen LogP contribution is -2.29. The van der Waals surface area contributed by atoms with Crippen LogP contribution in [-0.2, 0) is 6.54 Å². The van der Waals surface area contributed by atoms with E-state index in [1.165, 1.54) is 17.3 Å². The van der Waals surface area contributed by atoms with E-state index < -0.39 is 0 Å². The number of benzene rings is 3. The zero-order valence-electron chi connectivity index (χ0n) is 17.9. The first-order valence-electron chi connectivity index (χ1n) is 10.5. The third-order valence-electron chi connectivity index (χ3n) is 5.13. The maximum Gasteiger partial charge on any atom is 0.219 e. The summed E-state index contributed by atoms with van der Waals surface area (Å²) in [5.41, 5.74) is 3.09. The largest absolute Gasteiger partial charge is 0.497 e. The van der Waals surface area contributed by atoms with E-state index in [0.29, 0.717) is 0 Å². The number of methoxy groups -OCH3 is 1. The fourth-order valence-electron chi connectivity index (χ4n) is 3.42. The highest BCUT2D eigenvalue weighted by atomic mass is 32.2. The molecule has 3 rings (SSSR count). The van der Waals surface area contributed by atoms with E-state index in [1.54, 1.807) is 7.11 Å². The van der Waals surface area contributed by atoms with Crippen molar-refractivity contribution < 1.29 is 9.53 Å². The fraction of sp³-hybridized carbons (Fsp3) is 0.222. The predicted molar refractivity (Wildman–Crippen MR) is 131 cm³/mol. The average molecular weight is 432 g/mol. The summed E-state index contributed by atoms with van der Waals surface area (Å²) in [6.07, 6.45) is 3.60. The van der Waals surface area contributed by atoms with Crippen molar-refractivity contribution in [1.82, 2.24) is 5.32 Å². The van der Waals surface area contributed by atoms with Crippen molar-refractivity contribution in [2.45, 2.75) is 30.7 Å². The Balaban J connectivity index is 1.71. The summed E-state index contributed by atoms with van der Waals surface area (Å²) in [5.74, 6) is 0.853. The highest BCUT2D eigenvalue weighted by molar-refractivity contribution is 8.14. The van der Waals surface area contributed by atoms with Gasteiger partial charge in [-0.25, -0.2) is 0 Å². The van der Waals surface area contributed by atoms with Gasteiger partial charge in [-0.15, -0.1) is 6.58 Å². The van der Waals surface area contributed by atoms with Crippen molar-refractivity contribution in [2.24, 2.45) is 0 Å². The van der Waals surface area contributed by atoms with E-state index in [1.807, 2.05) is 66.7 Å². The fourth-order valence-corrected chi connectivity index (χ4v) is 4.57. The van der Waals surface area contributed by atoms with Crippen LogP contribution in [0, 0.1) is 0 Å². The first-order chi connectivity index (χ1) is 15.2. The van der Waals surface area contributed by atoms with Gasteiger partial charge in [0.1, 0.15) is 5.75 Å². The summed E-state index contributed by atoms with van der Waals surface area (Å²) in [7, 11) is 1.67. The van der Waals surface area contributed by atoms with Crippen LogP contribution in [0.15, 0.2) is 97.6 Å². The molecule has 0 heterocycles. The van der Waals surface area contributed by atoms with Crippen molar-refractivity contribution in [1.29, 1.82) is 0 Å². The van der Waals surface area contributed by atoms with Crippen LogP contribution in [0.25, 0.3) is 0 Å². The molecule has 0 aromatic heterocycles. The van der Waals surface area contributed by atoms with E-state index in [0.717, 1.165) is 36.3 Å². The van der Waals surface area contributed by atoms with Crippen LogP contribution in [0.2, 0.25) is 0 Å². The standard InChI is InChI=1S/C27H29NO2S/c1-3-10-24(28-20-21-15-17-25(30-2)18-16-21)19-26(22-11-6-4-7-12-22)31-27(29)23-13-8-5-9-14-23/h3-9,11-18,24,26,28H,1,10,19-20H2,2H3. The van der Waals surface area contributed by atoms with Gasteiger partial charge in [-0.05, 0) is 36.1 Å². The summed E-state index contributed by atoms with van der Waals surface area (Å²) < 4.78 is 5.24. The minimum Gasteiger partial charge on any atom is -0.497 e. The monoisotopic (exact) mass is 431 g/mol. The molecular weight excluding hydrogens is 402 g/mol. The molecule has 2 atom stereocenters. The minimum atomic E-state index is 0.0576. The second-order valence-electron chi connectivity index (χ2n) is 7.36. The van der Waals surface area contributed by atoms with Crippen LogP contribution >= 0.6 is 11.8 Å². The first-order valence-corrected chi connectivity index (χ1v) is 11.4. The smallest absolute Gasteiger partial charge is 0.219 e. The number of carbonyl (C=O) groups excluding carboxylic acids is 1. The van der Waals surface area contributed by atoms with Gasteiger partial charge >= 0.3 is 0 Å². The molecule has 0 aliphatic carbocycles. The Labute approximate surface area is 189 Å². The Hall–Kier alpha value is -2.82. The van der Waals surface area contributed by atoms with Crippen molar-refractivity contribution >= 4 is 16.9 Å². The van der Waals surface area contributed by atoms with Crippen molar-refractivity contribution in [3.8, 4) is 5.75 Å². The lowest BCUT2D eigenvalue weighted by atomic mass is 10.0. The molecule has 4 heteroatoms. The second-order valence-corrected chi connectivity index (χ2v) is 8.53. The number of hydrogen-bond donors (Lipinski definition) is 1. The van der Waals surface area contributed by atoms with Gasteiger partial charge < -0.3 is 10.1 Å². The molecule has 0 radical (unpaired) electrons. The summed E-state index contributed by atoms with van der Waals surface area (Å²) in [5, 5.41) is 3.81. The Bertz CT molecular complexity index is 942. The van der Waals surface area contributed by atoms with Gasteiger partial charge in [-0.3, -0.25) is 4.79 Å². The number of hydrogen-bond acceptors (Lipinski definition) is 4. The zero-order valence-corrected chi connectivity index (χ0v) is 18.7. The van der Waals surface area contributed by atoms with Gasteiger partial charge in [0.15, 0.2) is 0 Å². The van der Waals surface area contributed by atoms with Crippen molar-refractivity contribution in [3.05, 3.63) is 114 Å². The van der Waals surface area contributed by atoms with Crippen molar-refractivity contribution in [3.63, 3.8) is 0 Å². The zero-order chi connectivity index (χ0) is 21.9. The summed E-state index contributed by atoms with van der Waals surface area (Å²) in [6, 6.07) is 28.1. The number of rotatable bonds is 11. The van der Waals surface area contributed by atoms with Gasteiger partial charge in [-0.1, -0.05) is 90.6 Å². The van der Waals surface area contributed by atoms with Crippen LogP contribution in [0.3, 0.4) is 0 Å². The summed E-state index contributed by atoms with van der Waals surface area (Å²) in [4.78, 5) is 12.9. The van der Waals surface area contributed by atoms with Gasteiger partial charge in [-0.2, -0.15) is 0 Å². The SMILES string of the molecule is C=CCC(CC(SC(=O)c1ccccc1)c1ccccc1)NCc1ccc(OC)cc1. The van der Waals surface area contributed by atoms with Gasteiger partial charge in [0.05, 0.1) is 7.11 Å². The molecule has 0 amide bonds. The first kappa shape index (κ1) is 22.9. The van der Waals surface area contributed by atoms with E-state index >= 15 is 0 Å². The van der Waals surface area contributed by atoms with E-state index in [9.17, 15) is 4.79 Å². The summed E-state index contributed by atoms with van der Waals surface area (Å²) in [6.45, 7) is 4.69. The molecule has 0 aliphatic heterocycles. The molecule has 3 aromatic carbocycles. The van der Waals surface area contributed by atoms with Crippen LogP contribution in [0.5, 0.6) is 5.75 Å². The molecule has 0 saturated carbocycles. The molecule has 0 aliphatic rings. The van der Waals surface area contributed by atoms with Gasteiger partial charge in [0.2, 0.25) is 5.12 Å². The highest BCUT2D eigenvalue weighted by Gasteiger charge is 2.22. The maximum atomic E-state index is 12.9. The maximum absolute atomic E-state index is 12.9. The van der Waals surface area contributed by atoms with E-state index in [2.05, 4.69) is 36.2 Å². The van der Waals surface area contributed by atoms with Gasteiger partial charge in [0, 0.05) is 23.4 Å². The van der Waals surface area contributed by atoms with Crippen LogP contribution in [0.4, 0.5) is 0 Å². The third-order valence-corrected chi connectivity index (χ3v) is 6.33. The van der Waals surface area contributed by atoms with Crippen molar-refractivity contribution in [2.75, 3.05) is 7.11 Å². The molecule has 0 spiro atoms. The molecular formula is C27H29NO2S. The number of thioether (sulfide) groups is 1. The van der Waals surface area contributed by atoms with E-state index in [-0.39, 0.29) is 16.4 Å². The Morgan fingerprint density at radius 2 is 1.65 bits per heavy atom. The normalized spacial score (nSPS) is 12.7. The number of carbonyl (C=O) groups is 1. The molecule has 0 fully saturated rings. The summed E-state index contributed by atoms with van der Waals surface area (Å²) >= 11 is 1.40. The molecule has 2 unspecified atom stereocenters. The lowest BCUT2D eigenvalue weighted by molar-refractivity contribution is 0.108. The lowest BCUT2D eigenvalue weighted by Gasteiger charge is -2.24. The Morgan fingerprint density at radius 3 is 2.26 bits per heavy atom. The average Bonchev–Trinajstić information content (AvgIpc) is 2.83. The van der Waals surface area contributed by atoms with Gasteiger partial charge in [0.25, 0.3) is 0 Å². The predicted octanol–water partition coefficient (Wildman–Crippen LogP) is 6.43. The molecule has 3 aromatic rings. The van der Waals surface area contributed by atoms with Crippen LogP contribution in [0.1, 0.15) is 39.6 Å². The molecule has 1 N–H and O–H groups in total. The number of nitrogens with one attached hydrogen (secondary N) is 1. The molecule has 31 heavy (non-hydrogen) atoms. The third kappa shape index (κ3) is 7.12. The number of ether oxygens (including phenoxy) is 1. The minimum absolute atomic E-state index is 0.0576. The topological polar surface area (TPSA) is 38.3 Å². The Kier molecular flexibility index (Phi) is 8.95. The molecule has 0 saturated heterocycles. The van der Waals surface area contributed by atoms with Crippen LogP contribution in [-0.4, -0.2) is 18.3 Å². The molecule has 0 bridgehead atoms. The highest BCUT2D eigenvalue weighted by Crippen LogP contribution is 2.36. The Morgan fingerprint density at radius 1 is 1.00 bits per heavy atom. The molecule has 3 nitrogen and oxygen atoms in total. The quantitative estimate of drug-likeness (QED) is 0.355. The van der Waals surface area contributed by atoms with Crippen LogP contribution < -0.4 is 10.1 Å². The second kappa shape index (κ2) is 12.1. The van der Waals surface area contributed by atoms with E-state index in [4.69, 9.17) is 4.74 Å².